The molecule has 0 aromatic heterocycles. The Labute approximate surface area is 129 Å². The molecule has 4 unspecified atom stereocenters. The first-order chi connectivity index (χ1) is 9.52. The van der Waals surface area contributed by atoms with Crippen molar-refractivity contribution in [2.24, 2.45) is 11.8 Å². The average Bonchev–Trinajstić information content (AvgIpc) is 2.70. The third-order valence-corrected chi connectivity index (χ3v) is 4.84. The number of ether oxygens (including phenoxy) is 1. The molecular weight excluding hydrogens is 318 g/mol. The molecule has 0 bridgehead atoms. The van der Waals surface area contributed by atoms with Crippen molar-refractivity contribution in [1.29, 1.82) is 0 Å². The first-order valence-corrected chi connectivity index (χ1v) is 8.22. The van der Waals surface area contributed by atoms with Gasteiger partial charge in [0.1, 0.15) is 0 Å². The highest BCUT2D eigenvalue weighted by molar-refractivity contribution is 9.08. The number of halogens is 1. The molecule has 0 aliphatic carbocycles. The first-order valence-electron chi connectivity index (χ1n) is 7.10. The van der Waals surface area contributed by atoms with Crippen molar-refractivity contribution in [3.05, 3.63) is 35.4 Å². The second-order valence-electron chi connectivity index (χ2n) is 5.60. The van der Waals surface area contributed by atoms with E-state index >= 15 is 0 Å². The van der Waals surface area contributed by atoms with Gasteiger partial charge in [-0.25, -0.2) is 0 Å². The molecule has 4 heteroatoms. The topological polar surface area (TPSA) is 38.3 Å². The number of amides is 1. The second-order valence-corrected chi connectivity index (χ2v) is 6.16. The van der Waals surface area contributed by atoms with Gasteiger partial charge in [-0.2, -0.15) is 0 Å². The van der Waals surface area contributed by atoms with Crippen LogP contribution in [0.5, 0.6) is 0 Å². The maximum absolute atomic E-state index is 12.3. The van der Waals surface area contributed by atoms with Gasteiger partial charge < -0.3 is 10.1 Å². The van der Waals surface area contributed by atoms with Crippen molar-refractivity contribution >= 4 is 21.8 Å². The van der Waals surface area contributed by atoms with E-state index in [0.717, 1.165) is 10.9 Å². The normalized spacial score (nSPS) is 29.4. The van der Waals surface area contributed by atoms with E-state index in [1.165, 1.54) is 5.56 Å². The van der Waals surface area contributed by atoms with Crippen LogP contribution in [-0.2, 0) is 21.4 Å². The Hall–Kier alpha value is -0.870. The zero-order valence-corrected chi connectivity index (χ0v) is 13.8. The highest BCUT2D eigenvalue weighted by Crippen LogP contribution is 2.32. The summed E-state index contributed by atoms with van der Waals surface area (Å²) in [6, 6.07) is 8.25. The van der Waals surface area contributed by atoms with Gasteiger partial charge in [-0.3, -0.25) is 4.79 Å². The third-order valence-electron chi connectivity index (χ3n) is 4.19. The van der Waals surface area contributed by atoms with Crippen LogP contribution in [-0.4, -0.2) is 18.1 Å². The number of carbonyl (C=O) groups is 1. The molecule has 3 nitrogen and oxygen atoms in total. The highest BCUT2D eigenvalue weighted by Gasteiger charge is 2.41. The smallest absolute Gasteiger partial charge is 0.226 e. The third kappa shape index (κ3) is 3.41. The van der Waals surface area contributed by atoms with Crippen LogP contribution in [0.1, 0.15) is 31.9 Å². The second kappa shape index (κ2) is 6.72. The Balaban J connectivity index is 1.91. The fourth-order valence-electron chi connectivity index (χ4n) is 2.77. The van der Waals surface area contributed by atoms with Crippen molar-refractivity contribution in [3.8, 4) is 0 Å². The fourth-order valence-corrected chi connectivity index (χ4v) is 3.15. The van der Waals surface area contributed by atoms with Crippen molar-refractivity contribution in [3.63, 3.8) is 0 Å². The number of nitrogens with one attached hydrogen (secondary N) is 1. The van der Waals surface area contributed by atoms with Gasteiger partial charge in [-0.1, -0.05) is 47.1 Å². The minimum atomic E-state index is -0.0492. The molecular formula is C16H22BrNO2. The van der Waals surface area contributed by atoms with Gasteiger partial charge in [-0.15, -0.1) is 0 Å². The van der Waals surface area contributed by atoms with E-state index < -0.39 is 0 Å². The predicted octanol–water partition coefficient (Wildman–Crippen LogP) is 3.26. The highest BCUT2D eigenvalue weighted by atomic mass is 79.9. The van der Waals surface area contributed by atoms with Crippen molar-refractivity contribution in [2.75, 3.05) is 0 Å². The summed E-state index contributed by atoms with van der Waals surface area (Å²) >= 11 is 3.42. The maximum atomic E-state index is 12.3. The molecule has 0 radical (unpaired) electrons. The lowest BCUT2D eigenvalue weighted by Gasteiger charge is -2.18. The standard InChI is InChI=1S/C16H22BrNO2/c1-10-11(2)20-12(3)15(10)16(19)18-9-14-6-4-13(8-17)5-7-14/h4-7,10-12,15H,8-9H2,1-3H3,(H,18,19). The van der Waals surface area contributed by atoms with E-state index in [4.69, 9.17) is 4.74 Å². The molecule has 1 fully saturated rings. The Morgan fingerprint density at radius 1 is 1.15 bits per heavy atom. The first kappa shape index (κ1) is 15.5. The largest absolute Gasteiger partial charge is 0.374 e. The molecule has 1 aliphatic heterocycles. The summed E-state index contributed by atoms with van der Waals surface area (Å²) in [7, 11) is 0. The lowest BCUT2D eigenvalue weighted by atomic mass is 9.89. The van der Waals surface area contributed by atoms with Crippen molar-refractivity contribution in [2.45, 2.75) is 44.9 Å². The van der Waals surface area contributed by atoms with Gasteiger partial charge in [0.25, 0.3) is 0 Å². The molecule has 1 N–H and O–H groups in total. The van der Waals surface area contributed by atoms with E-state index in [2.05, 4.69) is 52.4 Å². The summed E-state index contributed by atoms with van der Waals surface area (Å²) in [5.41, 5.74) is 2.36. The molecule has 1 aromatic rings. The quantitative estimate of drug-likeness (QED) is 0.855. The predicted molar refractivity (Wildman–Crippen MR) is 83.6 cm³/mol. The molecule has 20 heavy (non-hydrogen) atoms. The van der Waals surface area contributed by atoms with Gasteiger partial charge in [0.05, 0.1) is 18.1 Å². The molecule has 0 saturated carbocycles. The summed E-state index contributed by atoms with van der Waals surface area (Å²) in [5, 5.41) is 3.88. The summed E-state index contributed by atoms with van der Waals surface area (Å²) < 4.78 is 5.72. The van der Waals surface area contributed by atoms with E-state index in [-0.39, 0.29) is 30.0 Å². The SMILES string of the molecule is CC1OC(C)C(C(=O)NCc2ccc(CBr)cc2)C1C. The van der Waals surface area contributed by atoms with Crippen LogP contribution in [0.25, 0.3) is 0 Å². The monoisotopic (exact) mass is 339 g/mol. The lowest BCUT2D eigenvalue weighted by molar-refractivity contribution is -0.127. The van der Waals surface area contributed by atoms with Crippen LogP contribution in [0, 0.1) is 11.8 Å². The van der Waals surface area contributed by atoms with Gasteiger partial charge in [0.15, 0.2) is 0 Å². The van der Waals surface area contributed by atoms with Crippen LogP contribution in [0.2, 0.25) is 0 Å². The van der Waals surface area contributed by atoms with E-state index in [1.54, 1.807) is 0 Å². The van der Waals surface area contributed by atoms with Crippen molar-refractivity contribution < 1.29 is 9.53 Å². The number of hydrogen-bond acceptors (Lipinski definition) is 2. The number of rotatable bonds is 4. The molecule has 1 aromatic carbocycles. The fraction of sp³-hybridized carbons (Fsp3) is 0.562. The summed E-state index contributed by atoms with van der Waals surface area (Å²) in [4.78, 5) is 12.3. The summed E-state index contributed by atoms with van der Waals surface area (Å²) in [6.07, 6.45) is 0.148. The van der Waals surface area contributed by atoms with Crippen molar-refractivity contribution in [1.82, 2.24) is 5.32 Å². The van der Waals surface area contributed by atoms with Crippen LogP contribution in [0.3, 0.4) is 0 Å². The maximum Gasteiger partial charge on any atom is 0.226 e. The molecule has 1 heterocycles. The number of benzene rings is 1. The van der Waals surface area contributed by atoms with Gasteiger partial charge >= 0.3 is 0 Å². The Morgan fingerprint density at radius 3 is 2.25 bits per heavy atom. The number of carbonyl (C=O) groups excluding carboxylic acids is 1. The van der Waals surface area contributed by atoms with E-state index in [9.17, 15) is 4.79 Å². The zero-order chi connectivity index (χ0) is 14.7. The van der Waals surface area contributed by atoms with Gasteiger partial charge in [0, 0.05) is 11.9 Å². The molecule has 110 valence electrons. The summed E-state index contributed by atoms with van der Waals surface area (Å²) in [6.45, 7) is 6.68. The van der Waals surface area contributed by atoms with Crippen LogP contribution < -0.4 is 5.32 Å². The summed E-state index contributed by atoms with van der Waals surface area (Å²) in [5.74, 6) is 0.312. The number of alkyl halides is 1. The van der Waals surface area contributed by atoms with Crippen LogP contribution >= 0.6 is 15.9 Å². The molecule has 1 saturated heterocycles. The van der Waals surface area contributed by atoms with Crippen LogP contribution in [0.4, 0.5) is 0 Å². The molecule has 1 amide bonds. The minimum Gasteiger partial charge on any atom is -0.374 e. The Kier molecular flexibility index (Phi) is 5.22. The molecule has 1 aliphatic rings. The van der Waals surface area contributed by atoms with E-state index in [0.29, 0.717) is 6.54 Å². The number of hydrogen-bond donors (Lipinski definition) is 1. The Morgan fingerprint density at radius 2 is 1.75 bits per heavy atom. The van der Waals surface area contributed by atoms with Gasteiger partial charge in [0.2, 0.25) is 5.91 Å². The van der Waals surface area contributed by atoms with E-state index in [1.807, 2.05) is 13.8 Å². The van der Waals surface area contributed by atoms with Gasteiger partial charge in [-0.05, 0) is 30.9 Å². The average molecular weight is 340 g/mol. The lowest BCUT2D eigenvalue weighted by Crippen LogP contribution is -2.36. The zero-order valence-electron chi connectivity index (χ0n) is 12.2. The minimum absolute atomic E-state index is 0.00391. The molecule has 2 rings (SSSR count). The van der Waals surface area contributed by atoms with Crippen LogP contribution in [0.15, 0.2) is 24.3 Å². The Bertz CT molecular complexity index is 460. The molecule has 0 spiro atoms. The molecule has 4 atom stereocenters.